The zero-order chi connectivity index (χ0) is 27.7. The molecule has 1 aromatic carbocycles. The molecule has 2 heterocycles. The van der Waals surface area contributed by atoms with Gasteiger partial charge in [-0.05, 0) is 56.2 Å². The number of aliphatic imine (C=N–C) groups is 1. The number of anilines is 2. The van der Waals surface area contributed by atoms with Crippen LogP contribution in [0.1, 0.15) is 60.3 Å². The molecule has 1 aliphatic carbocycles. The van der Waals surface area contributed by atoms with Crippen LogP contribution < -0.4 is 21.1 Å². The van der Waals surface area contributed by atoms with Gasteiger partial charge in [0.2, 0.25) is 5.91 Å². The molecular weight excluding hydrogens is 503 g/mol. The van der Waals surface area contributed by atoms with Crippen LogP contribution in [0, 0.1) is 5.92 Å². The van der Waals surface area contributed by atoms with Crippen LogP contribution in [0.2, 0.25) is 0 Å². The summed E-state index contributed by atoms with van der Waals surface area (Å²) in [5.41, 5.74) is 5.70. The van der Waals surface area contributed by atoms with Crippen molar-refractivity contribution >= 4 is 29.4 Å². The van der Waals surface area contributed by atoms with Crippen molar-refractivity contribution < 1.29 is 32.6 Å². The second-order valence-corrected chi connectivity index (χ2v) is 9.13. The number of rotatable bonds is 6. The van der Waals surface area contributed by atoms with Gasteiger partial charge in [-0.1, -0.05) is 6.07 Å². The first-order valence-electron chi connectivity index (χ1n) is 12.3. The molecule has 0 spiro atoms. The van der Waals surface area contributed by atoms with Gasteiger partial charge >= 0.3 is 6.18 Å². The van der Waals surface area contributed by atoms with Gasteiger partial charge in [0, 0.05) is 49.1 Å². The number of ether oxygens (including phenoxy) is 1. The zero-order valence-corrected chi connectivity index (χ0v) is 21.1. The molecule has 4 rings (SSSR count). The van der Waals surface area contributed by atoms with E-state index in [0.717, 1.165) is 57.2 Å². The van der Waals surface area contributed by atoms with Gasteiger partial charge in [0.15, 0.2) is 0 Å². The molecule has 9 nitrogen and oxygen atoms in total. The number of halogens is 3. The van der Waals surface area contributed by atoms with E-state index >= 15 is 0 Å². The number of alkyl halides is 3. The van der Waals surface area contributed by atoms with Crippen LogP contribution >= 0.6 is 0 Å². The third kappa shape index (κ3) is 8.17. The molecule has 206 valence electrons. The maximum atomic E-state index is 12.9. The van der Waals surface area contributed by atoms with Crippen molar-refractivity contribution in [1.82, 2.24) is 10.3 Å². The SMILES string of the molecule is COc1cc(N)c(C=NC2CCC(CO)CC2)cc1NC(=O)c1cccc(C(F)(F)F)n1.O=C1CCCN1. The average molecular weight is 536 g/mol. The van der Waals surface area contributed by atoms with Crippen molar-refractivity contribution in [2.45, 2.75) is 50.7 Å². The van der Waals surface area contributed by atoms with Crippen molar-refractivity contribution in [2.24, 2.45) is 10.9 Å². The molecular formula is C26H32F3N5O4. The lowest BCUT2D eigenvalue weighted by molar-refractivity contribution is -0.141. The number of methoxy groups -OCH3 is 1. The second-order valence-electron chi connectivity index (χ2n) is 9.13. The molecule has 2 aliphatic rings. The van der Waals surface area contributed by atoms with Crippen LogP contribution in [-0.2, 0) is 11.0 Å². The summed E-state index contributed by atoms with van der Waals surface area (Å²) in [5, 5.41) is 14.5. The Labute approximate surface area is 218 Å². The minimum atomic E-state index is -4.66. The topological polar surface area (TPSA) is 139 Å². The predicted octanol–water partition coefficient (Wildman–Crippen LogP) is 3.81. The standard InChI is InChI=1S/C22H25F3N4O3.C4H7NO/c1-32-19-10-16(26)14(11-27-15-7-5-13(12-30)6-8-15)9-18(19)29-21(31)17-3-2-4-20(28-17)22(23,24)25;6-4-2-1-3-5-4/h2-4,9-11,13,15,30H,5-8,12,26H2,1H3,(H,29,31);1-3H2,(H,5,6). The Bertz CT molecular complexity index is 1140. The summed E-state index contributed by atoms with van der Waals surface area (Å²) in [6.45, 7) is 1.07. The quantitative estimate of drug-likeness (QED) is 0.328. The highest BCUT2D eigenvalue weighted by atomic mass is 19.4. The molecule has 12 heteroatoms. The molecule has 2 fully saturated rings. The molecule has 5 N–H and O–H groups in total. The molecule has 0 unspecified atom stereocenters. The van der Waals surface area contributed by atoms with Gasteiger partial charge < -0.3 is 26.2 Å². The number of benzene rings is 1. The van der Waals surface area contributed by atoms with Crippen molar-refractivity contribution in [3.8, 4) is 5.75 Å². The molecule has 38 heavy (non-hydrogen) atoms. The lowest BCUT2D eigenvalue weighted by atomic mass is 9.87. The van der Waals surface area contributed by atoms with Gasteiger partial charge in [0.05, 0.1) is 12.8 Å². The first kappa shape index (κ1) is 28.9. The van der Waals surface area contributed by atoms with Gasteiger partial charge in [-0.3, -0.25) is 14.6 Å². The van der Waals surface area contributed by atoms with Crippen LogP contribution in [0.5, 0.6) is 5.75 Å². The van der Waals surface area contributed by atoms with Crippen molar-refractivity contribution in [2.75, 3.05) is 31.3 Å². The van der Waals surface area contributed by atoms with E-state index < -0.39 is 17.8 Å². The first-order valence-corrected chi connectivity index (χ1v) is 12.3. The van der Waals surface area contributed by atoms with E-state index in [1.165, 1.54) is 19.2 Å². The number of hydrogen-bond donors (Lipinski definition) is 4. The number of aromatic nitrogens is 1. The van der Waals surface area contributed by atoms with Crippen molar-refractivity contribution in [3.05, 3.63) is 47.3 Å². The van der Waals surface area contributed by atoms with Gasteiger partial charge in [0.25, 0.3) is 5.91 Å². The molecule has 1 aliphatic heterocycles. The van der Waals surface area contributed by atoms with E-state index in [1.807, 2.05) is 0 Å². The highest BCUT2D eigenvalue weighted by molar-refractivity contribution is 6.04. The van der Waals surface area contributed by atoms with Crippen LogP contribution in [0.3, 0.4) is 0 Å². The Balaban J connectivity index is 0.000000585. The predicted molar refractivity (Wildman–Crippen MR) is 137 cm³/mol. The van der Waals surface area contributed by atoms with E-state index in [2.05, 4.69) is 20.6 Å². The number of nitrogens with one attached hydrogen (secondary N) is 2. The summed E-state index contributed by atoms with van der Waals surface area (Å²) in [6, 6.07) is 6.30. The number of hydrogen-bond acceptors (Lipinski definition) is 7. The van der Waals surface area contributed by atoms with Gasteiger partial charge in [-0.25, -0.2) is 4.98 Å². The summed E-state index contributed by atoms with van der Waals surface area (Å²) >= 11 is 0. The lowest BCUT2D eigenvalue weighted by Crippen LogP contribution is -2.19. The number of nitrogens with two attached hydrogens (primary N) is 1. The Kier molecular flexibility index (Phi) is 10.1. The van der Waals surface area contributed by atoms with Gasteiger partial charge in [-0.2, -0.15) is 13.2 Å². The summed E-state index contributed by atoms with van der Waals surface area (Å²) in [5.74, 6) is -0.0402. The van der Waals surface area contributed by atoms with E-state index in [-0.39, 0.29) is 35.7 Å². The van der Waals surface area contributed by atoms with Crippen molar-refractivity contribution in [1.29, 1.82) is 0 Å². The smallest absolute Gasteiger partial charge is 0.433 e. The Morgan fingerprint density at radius 2 is 2.03 bits per heavy atom. The molecule has 1 aromatic heterocycles. The van der Waals surface area contributed by atoms with Crippen LogP contribution in [0.25, 0.3) is 0 Å². The Hall–Kier alpha value is -3.67. The fraction of sp³-hybridized carbons (Fsp3) is 0.462. The van der Waals surface area contributed by atoms with E-state index in [0.29, 0.717) is 17.2 Å². The van der Waals surface area contributed by atoms with E-state index in [1.54, 1.807) is 12.3 Å². The van der Waals surface area contributed by atoms with Crippen LogP contribution in [0.4, 0.5) is 24.5 Å². The summed E-state index contributed by atoms with van der Waals surface area (Å²) in [4.78, 5) is 30.6. The molecule has 2 amide bonds. The second kappa shape index (κ2) is 13.2. The Morgan fingerprint density at radius 3 is 2.58 bits per heavy atom. The molecule has 2 aromatic rings. The molecule has 1 saturated carbocycles. The number of amides is 2. The number of aliphatic hydroxyl groups is 1. The number of pyridine rings is 1. The lowest BCUT2D eigenvalue weighted by Gasteiger charge is -2.24. The number of carbonyl (C=O) groups is 2. The molecule has 0 radical (unpaired) electrons. The monoisotopic (exact) mass is 535 g/mol. The summed E-state index contributed by atoms with van der Waals surface area (Å²) in [7, 11) is 1.39. The van der Waals surface area contributed by atoms with Crippen LogP contribution in [-0.4, -0.2) is 54.4 Å². The number of carbonyl (C=O) groups excluding carboxylic acids is 2. The third-order valence-electron chi connectivity index (χ3n) is 6.33. The fourth-order valence-corrected chi connectivity index (χ4v) is 4.12. The van der Waals surface area contributed by atoms with Gasteiger partial charge in [-0.15, -0.1) is 0 Å². The maximum absolute atomic E-state index is 12.9. The van der Waals surface area contributed by atoms with E-state index in [9.17, 15) is 27.9 Å². The summed E-state index contributed by atoms with van der Waals surface area (Å²) in [6.07, 6.45) is 2.26. The normalized spacial score (nSPS) is 19.4. The summed E-state index contributed by atoms with van der Waals surface area (Å²) < 4.78 is 43.9. The zero-order valence-electron chi connectivity index (χ0n) is 21.1. The highest BCUT2D eigenvalue weighted by Gasteiger charge is 2.33. The average Bonchev–Trinajstić information content (AvgIpc) is 3.39. The number of aliphatic hydroxyl groups excluding tert-OH is 1. The third-order valence-corrected chi connectivity index (χ3v) is 6.33. The maximum Gasteiger partial charge on any atom is 0.433 e. The van der Waals surface area contributed by atoms with Crippen molar-refractivity contribution in [3.63, 3.8) is 0 Å². The first-order chi connectivity index (χ1) is 18.1. The number of nitrogen functional groups attached to an aromatic ring is 1. The van der Waals surface area contributed by atoms with E-state index in [4.69, 9.17) is 10.5 Å². The molecule has 0 atom stereocenters. The fourth-order valence-electron chi connectivity index (χ4n) is 4.12. The van der Waals surface area contributed by atoms with Gasteiger partial charge in [0.1, 0.15) is 17.1 Å². The minimum Gasteiger partial charge on any atom is -0.494 e. The minimum absolute atomic E-state index is 0.117. The molecule has 1 saturated heterocycles. The Morgan fingerprint density at radius 1 is 1.29 bits per heavy atom. The number of nitrogens with zero attached hydrogens (tertiary/aromatic N) is 2. The molecule has 0 bridgehead atoms. The van der Waals surface area contributed by atoms with Crippen LogP contribution in [0.15, 0.2) is 35.3 Å². The highest BCUT2D eigenvalue weighted by Crippen LogP contribution is 2.31. The largest absolute Gasteiger partial charge is 0.494 e.